The minimum atomic E-state index is 0.0884. The monoisotopic (exact) mass is 475 g/mol. The summed E-state index contributed by atoms with van der Waals surface area (Å²) in [4.78, 5) is 11.2. The number of morpholine rings is 1. The third-order valence-electron chi connectivity index (χ3n) is 5.53. The Morgan fingerprint density at radius 1 is 1.23 bits per heavy atom. The molecule has 0 aliphatic carbocycles. The van der Waals surface area contributed by atoms with E-state index < -0.39 is 0 Å². The van der Waals surface area contributed by atoms with Crippen molar-refractivity contribution in [3.05, 3.63) is 71.8 Å². The highest BCUT2D eigenvalue weighted by molar-refractivity contribution is 6.10. The van der Waals surface area contributed by atoms with Gasteiger partial charge >= 0.3 is 0 Å². The molecule has 2 aromatic rings. The van der Waals surface area contributed by atoms with Gasteiger partial charge in [-0.25, -0.2) is 0 Å². The third kappa shape index (κ3) is 8.80. The van der Waals surface area contributed by atoms with E-state index in [1.165, 1.54) is 0 Å². The number of nitrogens with one attached hydrogen (secondary N) is 3. The molecule has 35 heavy (non-hydrogen) atoms. The first-order valence-corrected chi connectivity index (χ1v) is 11.6. The molecule has 1 fully saturated rings. The number of aromatic nitrogens is 1. The summed E-state index contributed by atoms with van der Waals surface area (Å²) in [5, 5.41) is 17.7. The number of aliphatic imine (C=N–C) groups is 1. The van der Waals surface area contributed by atoms with Gasteiger partial charge in [0, 0.05) is 73.9 Å². The van der Waals surface area contributed by atoms with Gasteiger partial charge in [0.05, 0.1) is 19.8 Å². The van der Waals surface area contributed by atoms with E-state index >= 15 is 0 Å². The van der Waals surface area contributed by atoms with E-state index in [-0.39, 0.29) is 5.90 Å². The van der Waals surface area contributed by atoms with Crippen LogP contribution in [0.15, 0.2) is 60.1 Å². The first kappa shape index (κ1) is 25.8. The molecule has 1 aliphatic heterocycles. The first-order chi connectivity index (χ1) is 17.2. The molecule has 0 spiro atoms. The van der Waals surface area contributed by atoms with Crippen molar-refractivity contribution < 1.29 is 9.47 Å². The standard InChI is InChI=1S/C26H33N7O2/c27-17-23(19-31-11-12-33-13-15-34-16-14-33)25-8-9-30-18-22(25)7-10-32-24-4-1-21(2-5-24)3-6-26(29)35-20-28/h1-2,4-5,7-10,17-20,28-29,32H,3,6,11-16,27H2/b10-7+,23-17?,28-20?,29-26?,31-19?. The van der Waals surface area contributed by atoms with Crippen molar-refractivity contribution in [1.29, 1.82) is 10.8 Å². The highest BCUT2D eigenvalue weighted by atomic mass is 16.5. The van der Waals surface area contributed by atoms with Gasteiger partial charge in [0.25, 0.3) is 0 Å². The lowest BCUT2D eigenvalue weighted by molar-refractivity contribution is 0.0395. The molecule has 0 saturated carbocycles. The normalized spacial score (nSPS) is 14.9. The maximum atomic E-state index is 7.58. The molecular weight excluding hydrogens is 442 g/mol. The molecule has 3 rings (SSSR count). The number of pyridine rings is 1. The van der Waals surface area contributed by atoms with E-state index in [1.54, 1.807) is 18.6 Å². The summed E-state index contributed by atoms with van der Waals surface area (Å²) >= 11 is 0. The van der Waals surface area contributed by atoms with Crippen LogP contribution in [0.4, 0.5) is 5.69 Å². The molecule has 9 heteroatoms. The fraction of sp³-hybridized carbons (Fsp3) is 0.308. The van der Waals surface area contributed by atoms with Gasteiger partial charge in [-0.3, -0.25) is 25.7 Å². The number of hydrogen-bond donors (Lipinski definition) is 4. The Kier molecular flexibility index (Phi) is 10.6. The van der Waals surface area contributed by atoms with Crippen molar-refractivity contribution in [2.45, 2.75) is 12.8 Å². The third-order valence-corrected chi connectivity index (χ3v) is 5.53. The molecule has 5 N–H and O–H groups in total. The fourth-order valence-electron chi connectivity index (χ4n) is 3.57. The van der Waals surface area contributed by atoms with Gasteiger partial charge in [0.1, 0.15) is 0 Å². The maximum absolute atomic E-state index is 7.58. The van der Waals surface area contributed by atoms with Gasteiger partial charge in [-0.1, -0.05) is 12.1 Å². The number of aryl methyl sites for hydroxylation is 1. The smallest absolute Gasteiger partial charge is 0.189 e. The van der Waals surface area contributed by atoms with E-state index in [1.807, 2.05) is 48.8 Å². The van der Waals surface area contributed by atoms with Crippen LogP contribution in [0.5, 0.6) is 0 Å². The minimum absolute atomic E-state index is 0.0884. The van der Waals surface area contributed by atoms with E-state index in [9.17, 15) is 0 Å². The molecule has 184 valence electrons. The minimum Gasteiger partial charge on any atom is -0.433 e. The first-order valence-electron chi connectivity index (χ1n) is 11.6. The summed E-state index contributed by atoms with van der Waals surface area (Å²) in [5.41, 5.74) is 10.7. The summed E-state index contributed by atoms with van der Waals surface area (Å²) in [5.74, 6) is 0.0884. The number of benzene rings is 1. The van der Waals surface area contributed by atoms with Crippen LogP contribution in [0.3, 0.4) is 0 Å². The van der Waals surface area contributed by atoms with Crippen LogP contribution in [-0.2, 0) is 15.9 Å². The molecule has 0 atom stereocenters. The molecule has 2 heterocycles. The van der Waals surface area contributed by atoms with Gasteiger partial charge in [-0.15, -0.1) is 0 Å². The Hall–Kier alpha value is -3.82. The second-order valence-corrected chi connectivity index (χ2v) is 7.91. The van der Waals surface area contributed by atoms with Crippen molar-refractivity contribution in [1.82, 2.24) is 9.88 Å². The number of anilines is 1. The highest BCUT2D eigenvalue weighted by Crippen LogP contribution is 2.18. The Bertz CT molecular complexity index is 1040. The van der Waals surface area contributed by atoms with E-state index in [4.69, 9.17) is 26.0 Å². The zero-order valence-electron chi connectivity index (χ0n) is 19.8. The van der Waals surface area contributed by atoms with E-state index in [0.29, 0.717) is 19.4 Å². The van der Waals surface area contributed by atoms with Crippen LogP contribution in [0, 0.1) is 10.8 Å². The number of nitrogens with zero attached hydrogens (tertiary/aromatic N) is 3. The predicted molar refractivity (Wildman–Crippen MR) is 142 cm³/mol. The van der Waals surface area contributed by atoms with Crippen LogP contribution in [-0.4, -0.2) is 67.8 Å². The van der Waals surface area contributed by atoms with Crippen LogP contribution in [0.2, 0.25) is 0 Å². The molecule has 0 amide bonds. The lowest BCUT2D eigenvalue weighted by atomic mass is 10.0. The maximum Gasteiger partial charge on any atom is 0.189 e. The van der Waals surface area contributed by atoms with Crippen molar-refractivity contribution in [2.75, 3.05) is 44.7 Å². The summed E-state index contributed by atoms with van der Waals surface area (Å²) in [7, 11) is 0. The zero-order valence-corrected chi connectivity index (χ0v) is 19.8. The van der Waals surface area contributed by atoms with Crippen LogP contribution < -0.4 is 11.1 Å². The predicted octanol–water partition coefficient (Wildman–Crippen LogP) is 3.40. The highest BCUT2D eigenvalue weighted by Gasteiger charge is 2.09. The fourth-order valence-corrected chi connectivity index (χ4v) is 3.57. The van der Waals surface area contributed by atoms with Crippen molar-refractivity contribution in [3.8, 4) is 0 Å². The average molecular weight is 476 g/mol. The molecule has 0 radical (unpaired) electrons. The Morgan fingerprint density at radius 3 is 2.77 bits per heavy atom. The number of hydrogen-bond acceptors (Lipinski definition) is 9. The lowest BCUT2D eigenvalue weighted by Crippen LogP contribution is -2.37. The van der Waals surface area contributed by atoms with E-state index in [2.05, 4.69) is 20.2 Å². The quantitative estimate of drug-likeness (QED) is 0.275. The number of nitrogens with two attached hydrogens (primary N) is 1. The van der Waals surface area contributed by atoms with Crippen molar-refractivity contribution in [3.63, 3.8) is 0 Å². The number of allylic oxidation sites excluding steroid dienone is 1. The molecule has 1 aliphatic rings. The lowest BCUT2D eigenvalue weighted by Gasteiger charge is -2.25. The Labute approximate surface area is 206 Å². The SMILES string of the molecule is N=COC(=N)CCc1ccc(N/C=C/c2cnccc2C(C=NCCN2CCOCC2)=CN)cc1. The summed E-state index contributed by atoms with van der Waals surface area (Å²) in [6, 6.07) is 9.91. The van der Waals surface area contributed by atoms with Crippen LogP contribution >= 0.6 is 0 Å². The van der Waals surface area contributed by atoms with Crippen molar-refractivity contribution in [2.24, 2.45) is 10.7 Å². The summed E-state index contributed by atoms with van der Waals surface area (Å²) < 4.78 is 10.1. The Morgan fingerprint density at radius 2 is 2.03 bits per heavy atom. The molecule has 1 aromatic heterocycles. The second-order valence-electron chi connectivity index (χ2n) is 7.91. The average Bonchev–Trinajstić information content (AvgIpc) is 2.89. The van der Waals surface area contributed by atoms with Crippen LogP contribution in [0.1, 0.15) is 23.1 Å². The molecule has 9 nitrogen and oxygen atoms in total. The molecule has 1 saturated heterocycles. The largest absolute Gasteiger partial charge is 0.433 e. The van der Waals surface area contributed by atoms with Gasteiger partial charge in [0.15, 0.2) is 12.3 Å². The second kappa shape index (κ2) is 14.4. The molecule has 0 unspecified atom stereocenters. The summed E-state index contributed by atoms with van der Waals surface area (Å²) in [6.07, 6.45) is 12.7. The van der Waals surface area contributed by atoms with Gasteiger partial charge in [0.2, 0.25) is 0 Å². The molecular formula is C26H33N7O2. The van der Waals surface area contributed by atoms with Gasteiger partial charge in [-0.2, -0.15) is 0 Å². The molecule has 0 bridgehead atoms. The number of rotatable bonds is 12. The van der Waals surface area contributed by atoms with Crippen LogP contribution in [0.25, 0.3) is 11.6 Å². The molecule has 1 aromatic carbocycles. The van der Waals surface area contributed by atoms with Crippen molar-refractivity contribution >= 4 is 35.8 Å². The summed E-state index contributed by atoms with van der Waals surface area (Å²) in [6.45, 7) is 5.10. The topological polar surface area (TPSA) is 133 Å². The van der Waals surface area contributed by atoms with E-state index in [0.717, 1.165) is 67.2 Å². The van der Waals surface area contributed by atoms with Gasteiger partial charge in [-0.05, 0) is 41.8 Å². The zero-order chi connectivity index (χ0) is 24.7. The number of ether oxygens (including phenoxy) is 2. The Balaban J connectivity index is 1.54. The van der Waals surface area contributed by atoms with Gasteiger partial charge < -0.3 is 20.5 Å².